The summed E-state index contributed by atoms with van der Waals surface area (Å²) < 4.78 is 29.7. The average Bonchev–Trinajstić information content (AvgIpc) is 3.44. The molecule has 3 aromatic heterocycles. The van der Waals surface area contributed by atoms with Gasteiger partial charge in [-0.1, -0.05) is 12.1 Å². The van der Waals surface area contributed by atoms with Crippen molar-refractivity contribution in [3.8, 4) is 33.6 Å². The van der Waals surface area contributed by atoms with E-state index in [1.54, 1.807) is 24.4 Å². The Morgan fingerprint density at radius 2 is 1.51 bits per heavy atom. The summed E-state index contributed by atoms with van der Waals surface area (Å²) in [4.78, 5) is 8.62. The van der Waals surface area contributed by atoms with Gasteiger partial charge in [0.25, 0.3) is 0 Å². The van der Waals surface area contributed by atoms with Crippen LogP contribution in [-0.4, -0.2) is 23.2 Å². The average molecular weight is 801 g/mol. The Bertz CT molecular complexity index is 2060. The van der Waals surface area contributed by atoms with Crippen molar-refractivity contribution in [2.75, 3.05) is 0 Å². The van der Waals surface area contributed by atoms with Crippen molar-refractivity contribution in [3.63, 3.8) is 0 Å². The fraction of sp³-hybridized carbons (Fsp3) is 0.105. The van der Waals surface area contributed by atoms with E-state index in [2.05, 4.69) is 87.9 Å². The van der Waals surface area contributed by atoms with Crippen molar-refractivity contribution in [1.29, 1.82) is 0 Å². The summed E-state index contributed by atoms with van der Waals surface area (Å²) in [5.74, 6) is 7.26. The minimum Gasteiger partial charge on any atom is 0 e. The van der Waals surface area contributed by atoms with E-state index in [9.17, 15) is 0 Å². The molecule has 4 aromatic carbocycles. The van der Waals surface area contributed by atoms with Gasteiger partial charge in [-0.2, -0.15) is 0 Å². The molecule has 1 radical (unpaired) electrons. The first-order chi connectivity index (χ1) is 21.6. The van der Waals surface area contributed by atoms with E-state index in [1.807, 2.05) is 42.5 Å². The second kappa shape index (κ2) is 13.2. The van der Waals surface area contributed by atoms with Crippen LogP contribution in [0.4, 0.5) is 0 Å². The number of rotatable bonds is 4. The van der Waals surface area contributed by atoms with Crippen LogP contribution >= 0.6 is 0 Å². The standard InChI is InChI=1S/C26H22GeNO.C12H10N.Ir/c1-27(2,3)19-15-13-18(14-16-19)20-8-6-9-21-22-10-7-11-23(26(22)29-25(20)21)24-12-4-5-17-28-24;1-10-7-8-12(13-9-10)11-5-3-2-4-6-11;/h4-10,12-17H,1-3H3;2-5,7-9H,1H3;/q2*-1;/i;1D3;. The number of furan rings is 1. The zero-order chi connectivity index (χ0) is 31.6. The zero-order valence-electron chi connectivity index (χ0n) is 27.2. The van der Waals surface area contributed by atoms with Crippen LogP contribution in [0.1, 0.15) is 9.68 Å². The maximum Gasteiger partial charge on any atom is 0 e. The van der Waals surface area contributed by atoms with Gasteiger partial charge in [-0.05, 0) is 24.2 Å². The van der Waals surface area contributed by atoms with E-state index in [0.29, 0.717) is 0 Å². The van der Waals surface area contributed by atoms with Crippen molar-refractivity contribution in [2.45, 2.75) is 24.1 Å². The molecule has 0 fully saturated rings. The Morgan fingerprint density at radius 1 is 0.698 bits per heavy atom. The number of aryl methyl sites for hydroxylation is 1. The molecule has 0 saturated carbocycles. The number of hydrogen-bond acceptors (Lipinski definition) is 3. The molecular formula is C38H32GeIrN2O-2. The van der Waals surface area contributed by atoms with Gasteiger partial charge in [0.05, 0.1) is 0 Å². The summed E-state index contributed by atoms with van der Waals surface area (Å²) in [5, 5.41) is 2.23. The van der Waals surface area contributed by atoms with Crippen LogP contribution in [0.3, 0.4) is 0 Å². The molecule has 0 aliphatic rings. The fourth-order valence-electron chi connectivity index (χ4n) is 4.95. The smallest absolute Gasteiger partial charge is 0 e. The first-order valence-corrected chi connectivity index (χ1v) is 21.3. The quantitative estimate of drug-likeness (QED) is 0.132. The molecule has 0 aliphatic heterocycles. The molecule has 3 nitrogen and oxygen atoms in total. The molecule has 0 atom stereocenters. The molecule has 7 aromatic rings. The molecular weight excluding hydrogens is 765 g/mol. The SMILES string of the molecule is [2H]C([2H])([2H])c1ccc(-c2[c-]cccc2)nc1.[CH3][Ge]([CH3])([CH3])[c]1ccc(-c2cccc3c2oc2c(-c4ccccn4)[c-]ccc23)cc1.[Ir]. The van der Waals surface area contributed by atoms with Gasteiger partial charge < -0.3 is 4.98 Å². The molecule has 0 bridgehead atoms. The number of pyridine rings is 2. The predicted molar refractivity (Wildman–Crippen MR) is 177 cm³/mol. The third kappa shape index (κ3) is 6.73. The summed E-state index contributed by atoms with van der Waals surface area (Å²) in [7, 11) is 0. The van der Waals surface area contributed by atoms with E-state index >= 15 is 0 Å². The second-order valence-corrected chi connectivity index (χ2v) is 21.8. The van der Waals surface area contributed by atoms with Gasteiger partial charge in [-0.25, -0.2) is 0 Å². The van der Waals surface area contributed by atoms with Crippen LogP contribution in [0.5, 0.6) is 0 Å². The minimum atomic E-state index is -2.09. The van der Waals surface area contributed by atoms with Crippen molar-refractivity contribution < 1.29 is 28.6 Å². The van der Waals surface area contributed by atoms with Crippen LogP contribution < -0.4 is 4.40 Å². The van der Waals surface area contributed by atoms with E-state index < -0.39 is 20.1 Å². The van der Waals surface area contributed by atoms with E-state index in [-0.39, 0.29) is 25.7 Å². The van der Waals surface area contributed by atoms with Crippen LogP contribution in [0.25, 0.3) is 55.6 Å². The summed E-state index contributed by atoms with van der Waals surface area (Å²) in [6.07, 6.45) is 3.19. The summed E-state index contributed by atoms with van der Waals surface area (Å²) in [6, 6.07) is 42.5. The Balaban J connectivity index is 0.000000209. The Morgan fingerprint density at radius 3 is 2.19 bits per heavy atom. The van der Waals surface area contributed by atoms with Gasteiger partial charge in [0.2, 0.25) is 0 Å². The summed E-state index contributed by atoms with van der Waals surface area (Å²) >= 11 is -1.83. The monoisotopic (exact) mass is 802 g/mol. The third-order valence-corrected chi connectivity index (χ3v) is 11.5. The van der Waals surface area contributed by atoms with Crippen molar-refractivity contribution in [1.82, 2.24) is 9.97 Å². The Kier molecular flexibility index (Phi) is 8.23. The van der Waals surface area contributed by atoms with Gasteiger partial charge in [-0.15, -0.1) is 35.9 Å². The van der Waals surface area contributed by atoms with Crippen molar-refractivity contribution in [3.05, 3.63) is 139 Å². The second-order valence-electron chi connectivity index (χ2n) is 11.1. The number of hydrogen-bond donors (Lipinski definition) is 0. The molecule has 7 rings (SSSR count). The number of aromatic nitrogens is 2. The van der Waals surface area contributed by atoms with Crippen molar-refractivity contribution in [2.24, 2.45) is 0 Å². The van der Waals surface area contributed by atoms with E-state index in [4.69, 9.17) is 8.53 Å². The molecule has 5 heteroatoms. The van der Waals surface area contributed by atoms with Gasteiger partial charge in [-0.3, -0.25) is 0 Å². The van der Waals surface area contributed by atoms with Crippen LogP contribution in [0, 0.1) is 19.0 Å². The third-order valence-electron chi connectivity index (χ3n) is 7.19. The van der Waals surface area contributed by atoms with Gasteiger partial charge in [0, 0.05) is 30.4 Å². The molecule has 0 N–H and O–H groups in total. The Hall–Kier alpha value is -3.83. The molecule has 43 heavy (non-hydrogen) atoms. The molecule has 0 aliphatic carbocycles. The number of para-hydroxylation sites is 1. The predicted octanol–water partition coefficient (Wildman–Crippen LogP) is 9.52. The maximum absolute atomic E-state index is 7.23. The largest absolute Gasteiger partial charge is 0 e. The number of fused-ring (bicyclic) bond motifs is 3. The fourth-order valence-corrected chi connectivity index (χ4v) is 7.40. The topological polar surface area (TPSA) is 38.9 Å². The molecule has 0 saturated heterocycles. The first-order valence-electron chi connectivity index (χ1n) is 15.4. The van der Waals surface area contributed by atoms with Gasteiger partial charge in [0.1, 0.15) is 0 Å². The Labute approximate surface area is 274 Å². The molecule has 0 unspecified atom stereocenters. The van der Waals surface area contributed by atoms with E-state index in [0.717, 1.165) is 50.0 Å². The summed E-state index contributed by atoms with van der Waals surface area (Å²) in [5.41, 5.74) is 7.70. The molecule has 0 amide bonds. The normalized spacial score (nSPS) is 12.4. The minimum absolute atomic E-state index is 0. The van der Waals surface area contributed by atoms with Gasteiger partial charge >= 0.3 is 168 Å². The first kappa shape index (κ1) is 26.8. The van der Waals surface area contributed by atoms with Crippen molar-refractivity contribution >= 4 is 39.6 Å². The van der Waals surface area contributed by atoms with Gasteiger partial charge in [0.15, 0.2) is 0 Å². The number of benzene rings is 4. The summed E-state index contributed by atoms with van der Waals surface area (Å²) in [6.45, 7) is -2.09. The zero-order valence-corrected chi connectivity index (χ0v) is 28.7. The van der Waals surface area contributed by atoms with Crippen LogP contribution in [0.15, 0.2) is 126 Å². The molecule has 3 heterocycles. The van der Waals surface area contributed by atoms with Crippen LogP contribution in [0.2, 0.25) is 17.3 Å². The number of nitrogens with zero attached hydrogens (tertiary/aromatic N) is 2. The van der Waals surface area contributed by atoms with E-state index in [1.165, 1.54) is 16.2 Å². The maximum atomic E-state index is 7.23. The van der Waals surface area contributed by atoms with Crippen LogP contribution in [-0.2, 0) is 20.1 Å². The molecule has 215 valence electrons. The molecule has 0 spiro atoms.